The maximum absolute atomic E-state index is 13.0. The smallest absolute Gasteiger partial charge is 0.355 e. The summed E-state index contributed by atoms with van der Waals surface area (Å²) in [7, 11) is 0. The first-order valence-electron chi connectivity index (χ1n) is 11.5. The predicted octanol–water partition coefficient (Wildman–Crippen LogP) is 6.45. The SMILES string of the molecule is CCOC(=O)c1c2ccc(Cl)cc2c(-c2ccccc2)n1CCCNC1CCCCC1. The summed E-state index contributed by atoms with van der Waals surface area (Å²) < 4.78 is 7.59. The second-order valence-corrected chi connectivity index (χ2v) is 8.70. The summed E-state index contributed by atoms with van der Waals surface area (Å²) in [4.78, 5) is 13.0. The Morgan fingerprint density at radius 3 is 2.61 bits per heavy atom. The van der Waals surface area contributed by atoms with Gasteiger partial charge >= 0.3 is 5.97 Å². The fraction of sp³-hybridized carbons (Fsp3) is 0.423. The maximum atomic E-state index is 13.0. The molecule has 0 unspecified atom stereocenters. The summed E-state index contributed by atoms with van der Waals surface area (Å²) in [6.45, 7) is 3.88. The van der Waals surface area contributed by atoms with Gasteiger partial charge in [-0.05, 0) is 50.4 Å². The van der Waals surface area contributed by atoms with Gasteiger partial charge in [-0.25, -0.2) is 4.79 Å². The first kappa shape index (κ1) is 21.9. The minimum Gasteiger partial charge on any atom is -0.461 e. The molecule has 5 heteroatoms. The minimum absolute atomic E-state index is 0.280. The molecule has 0 saturated heterocycles. The number of rotatable bonds is 8. The quantitative estimate of drug-likeness (QED) is 0.324. The Morgan fingerprint density at radius 2 is 1.87 bits per heavy atom. The highest BCUT2D eigenvalue weighted by atomic mass is 35.5. The third-order valence-electron chi connectivity index (χ3n) is 6.14. The molecule has 0 atom stereocenters. The fourth-order valence-corrected chi connectivity index (χ4v) is 4.89. The standard InChI is InChI=1S/C26H31ClN2O2/c1-2-31-26(30)25-22-15-14-20(27)18-23(22)24(19-10-5-3-6-11-19)29(25)17-9-16-28-21-12-7-4-8-13-21/h3,5-6,10-11,14-15,18,21,28H,2,4,7-9,12-13,16-17H2,1H3. The van der Waals surface area contributed by atoms with E-state index in [0.717, 1.165) is 41.5 Å². The van der Waals surface area contributed by atoms with Crippen molar-refractivity contribution in [2.75, 3.05) is 13.2 Å². The Balaban J connectivity index is 1.69. The lowest BCUT2D eigenvalue weighted by Gasteiger charge is -2.23. The summed E-state index contributed by atoms with van der Waals surface area (Å²) in [5.74, 6) is -0.280. The predicted molar refractivity (Wildman–Crippen MR) is 128 cm³/mol. The van der Waals surface area contributed by atoms with Crippen molar-refractivity contribution in [1.82, 2.24) is 9.88 Å². The lowest BCUT2D eigenvalue weighted by Crippen LogP contribution is -2.32. The second kappa shape index (κ2) is 10.3. The van der Waals surface area contributed by atoms with E-state index in [4.69, 9.17) is 16.3 Å². The lowest BCUT2D eigenvalue weighted by molar-refractivity contribution is 0.0516. The molecule has 1 fully saturated rings. The van der Waals surface area contributed by atoms with Crippen molar-refractivity contribution >= 4 is 28.3 Å². The third-order valence-corrected chi connectivity index (χ3v) is 6.38. The van der Waals surface area contributed by atoms with E-state index in [2.05, 4.69) is 22.0 Å². The van der Waals surface area contributed by atoms with Crippen LogP contribution in [0.3, 0.4) is 0 Å². The minimum atomic E-state index is -0.280. The topological polar surface area (TPSA) is 43.3 Å². The highest BCUT2D eigenvalue weighted by Gasteiger charge is 2.24. The van der Waals surface area contributed by atoms with Crippen LogP contribution in [0.1, 0.15) is 55.9 Å². The molecule has 0 aliphatic heterocycles. The van der Waals surface area contributed by atoms with Gasteiger partial charge in [0.05, 0.1) is 12.3 Å². The van der Waals surface area contributed by atoms with Crippen molar-refractivity contribution in [2.24, 2.45) is 0 Å². The molecule has 1 aliphatic carbocycles. The highest BCUT2D eigenvalue weighted by molar-refractivity contribution is 6.31. The third kappa shape index (κ3) is 4.97. The maximum Gasteiger partial charge on any atom is 0.355 e. The number of hydrogen-bond acceptors (Lipinski definition) is 3. The second-order valence-electron chi connectivity index (χ2n) is 8.27. The van der Waals surface area contributed by atoms with E-state index in [1.54, 1.807) is 0 Å². The number of nitrogens with one attached hydrogen (secondary N) is 1. The molecule has 4 rings (SSSR count). The Bertz CT molecular complexity index is 1020. The zero-order chi connectivity index (χ0) is 21.6. The van der Waals surface area contributed by atoms with Gasteiger partial charge < -0.3 is 14.6 Å². The van der Waals surface area contributed by atoms with Crippen LogP contribution in [0.15, 0.2) is 48.5 Å². The van der Waals surface area contributed by atoms with E-state index in [1.807, 2.05) is 43.3 Å². The first-order valence-corrected chi connectivity index (χ1v) is 11.8. The summed E-state index contributed by atoms with van der Waals surface area (Å²) >= 11 is 6.36. The van der Waals surface area contributed by atoms with Crippen LogP contribution in [0.5, 0.6) is 0 Å². The van der Waals surface area contributed by atoms with Gasteiger partial charge in [-0.2, -0.15) is 0 Å². The molecule has 31 heavy (non-hydrogen) atoms. The molecule has 0 radical (unpaired) electrons. The van der Waals surface area contributed by atoms with E-state index in [1.165, 1.54) is 32.1 Å². The highest BCUT2D eigenvalue weighted by Crippen LogP contribution is 2.36. The largest absolute Gasteiger partial charge is 0.461 e. The van der Waals surface area contributed by atoms with Gasteiger partial charge in [0.1, 0.15) is 5.69 Å². The van der Waals surface area contributed by atoms with Crippen LogP contribution in [0.2, 0.25) is 5.02 Å². The zero-order valence-corrected chi connectivity index (χ0v) is 19.0. The van der Waals surface area contributed by atoms with Crippen molar-refractivity contribution in [1.29, 1.82) is 0 Å². The van der Waals surface area contributed by atoms with E-state index in [0.29, 0.717) is 23.4 Å². The van der Waals surface area contributed by atoms with Gasteiger partial charge in [-0.1, -0.05) is 67.3 Å². The average Bonchev–Trinajstić information content (AvgIpc) is 3.11. The normalized spacial score (nSPS) is 14.8. The van der Waals surface area contributed by atoms with Crippen molar-refractivity contribution in [3.8, 4) is 11.3 Å². The molecule has 0 amide bonds. The molecule has 4 nitrogen and oxygen atoms in total. The van der Waals surface area contributed by atoms with Crippen LogP contribution in [0, 0.1) is 0 Å². The Labute approximate surface area is 189 Å². The van der Waals surface area contributed by atoms with E-state index in [9.17, 15) is 4.79 Å². The van der Waals surface area contributed by atoms with Gasteiger partial charge in [-0.15, -0.1) is 0 Å². The molecule has 1 saturated carbocycles. The van der Waals surface area contributed by atoms with Gasteiger partial charge in [0, 0.05) is 28.4 Å². The molecule has 1 aliphatic rings. The Morgan fingerprint density at radius 1 is 1.10 bits per heavy atom. The monoisotopic (exact) mass is 438 g/mol. The summed E-state index contributed by atoms with van der Waals surface area (Å²) in [5.41, 5.74) is 2.72. The molecular formula is C26H31ClN2O2. The molecule has 2 aromatic carbocycles. The summed E-state index contributed by atoms with van der Waals surface area (Å²) in [6.07, 6.45) is 7.50. The molecule has 1 heterocycles. The number of carbonyl (C=O) groups excluding carboxylic acids is 1. The number of nitrogens with zero attached hydrogens (tertiary/aromatic N) is 1. The number of fused-ring (bicyclic) bond motifs is 1. The molecule has 0 bridgehead atoms. The number of aromatic nitrogens is 1. The molecule has 1 N–H and O–H groups in total. The van der Waals surface area contributed by atoms with Crippen LogP contribution in [0.25, 0.3) is 22.0 Å². The van der Waals surface area contributed by atoms with Gasteiger partial charge in [0.2, 0.25) is 0 Å². The Kier molecular flexibility index (Phi) is 7.31. The van der Waals surface area contributed by atoms with Gasteiger partial charge in [-0.3, -0.25) is 0 Å². The number of halogens is 1. The van der Waals surface area contributed by atoms with Crippen molar-refractivity contribution < 1.29 is 9.53 Å². The van der Waals surface area contributed by atoms with Crippen LogP contribution >= 0.6 is 11.6 Å². The summed E-state index contributed by atoms with van der Waals surface area (Å²) in [6, 6.07) is 16.6. The van der Waals surface area contributed by atoms with Crippen molar-refractivity contribution in [3.63, 3.8) is 0 Å². The molecular weight excluding hydrogens is 408 g/mol. The number of benzene rings is 2. The van der Waals surface area contributed by atoms with E-state index >= 15 is 0 Å². The fourth-order valence-electron chi connectivity index (χ4n) is 4.72. The van der Waals surface area contributed by atoms with Crippen LogP contribution in [-0.4, -0.2) is 29.7 Å². The van der Waals surface area contributed by atoms with Crippen LogP contribution in [0.4, 0.5) is 0 Å². The van der Waals surface area contributed by atoms with Gasteiger partial charge in [0.15, 0.2) is 0 Å². The number of ether oxygens (including phenoxy) is 1. The molecule has 3 aromatic rings. The Hall–Kier alpha value is -2.30. The van der Waals surface area contributed by atoms with Crippen molar-refractivity contribution in [3.05, 3.63) is 59.2 Å². The molecule has 164 valence electrons. The van der Waals surface area contributed by atoms with E-state index in [-0.39, 0.29) is 5.97 Å². The van der Waals surface area contributed by atoms with E-state index < -0.39 is 0 Å². The number of hydrogen-bond donors (Lipinski definition) is 1. The van der Waals surface area contributed by atoms with Crippen LogP contribution in [-0.2, 0) is 11.3 Å². The molecule has 0 spiro atoms. The van der Waals surface area contributed by atoms with Gasteiger partial charge in [0.25, 0.3) is 0 Å². The number of esters is 1. The average molecular weight is 439 g/mol. The van der Waals surface area contributed by atoms with Crippen LogP contribution < -0.4 is 5.32 Å². The lowest BCUT2D eigenvalue weighted by atomic mass is 9.95. The van der Waals surface area contributed by atoms with Crippen molar-refractivity contribution in [2.45, 2.75) is 58.0 Å². The number of carbonyl (C=O) groups is 1. The summed E-state index contributed by atoms with van der Waals surface area (Å²) in [5, 5.41) is 6.26. The first-order chi connectivity index (χ1) is 15.2. The molecule has 1 aromatic heterocycles. The zero-order valence-electron chi connectivity index (χ0n) is 18.2.